The Kier molecular flexibility index (Phi) is 3.12. The molecule has 1 saturated heterocycles. The SMILES string of the molecule is CC(=O)C(C)(C)[C@@H]1CCCCN1C. The molecule has 0 aromatic rings. The van der Waals surface area contributed by atoms with Crippen LogP contribution in [-0.4, -0.2) is 30.3 Å². The number of hydrogen-bond donors (Lipinski definition) is 0. The summed E-state index contributed by atoms with van der Waals surface area (Å²) in [5.41, 5.74) is -0.171. The third-order valence-electron chi connectivity index (χ3n) is 3.51. The topological polar surface area (TPSA) is 20.3 Å². The van der Waals surface area contributed by atoms with Crippen molar-refractivity contribution in [2.24, 2.45) is 5.41 Å². The Morgan fingerprint density at radius 2 is 2.00 bits per heavy atom. The van der Waals surface area contributed by atoms with Gasteiger partial charge in [-0.15, -0.1) is 0 Å². The van der Waals surface area contributed by atoms with Gasteiger partial charge >= 0.3 is 0 Å². The van der Waals surface area contributed by atoms with Crippen LogP contribution in [0, 0.1) is 5.41 Å². The van der Waals surface area contributed by atoms with Gasteiger partial charge in [0.25, 0.3) is 0 Å². The minimum absolute atomic E-state index is 0.171. The zero-order chi connectivity index (χ0) is 10.1. The minimum Gasteiger partial charge on any atom is -0.302 e. The quantitative estimate of drug-likeness (QED) is 0.653. The number of nitrogens with zero attached hydrogens (tertiary/aromatic N) is 1. The Balaban J connectivity index is 2.73. The third-order valence-corrected chi connectivity index (χ3v) is 3.51. The van der Waals surface area contributed by atoms with Gasteiger partial charge < -0.3 is 4.90 Å². The van der Waals surface area contributed by atoms with Crippen LogP contribution in [0.2, 0.25) is 0 Å². The lowest BCUT2D eigenvalue weighted by Gasteiger charge is -2.41. The number of carbonyl (C=O) groups is 1. The van der Waals surface area contributed by atoms with Gasteiger partial charge in [0.1, 0.15) is 5.78 Å². The second-order valence-corrected chi connectivity index (χ2v) is 4.77. The minimum atomic E-state index is -0.171. The van der Waals surface area contributed by atoms with E-state index in [0.717, 1.165) is 6.54 Å². The lowest BCUT2D eigenvalue weighted by Crippen LogP contribution is -2.49. The molecule has 1 fully saturated rings. The zero-order valence-corrected chi connectivity index (χ0v) is 9.26. The molecular formula is C11H21NO. The Hall–Kier alpha value is -0.370. The average molecular weight is 183 g/mol. The highest BCUT2D eigenvalue weighted by Crippen LogP contribution is 2.31. The maximum absolute atomic E-state index is 11.5. The Bertz CT molecular complexity index is 198. The summed E-state index contributed by atoms with van der Waals surface area (Å²) in [5.74, 6) is 0.311. The molecule has 1 aliphatic rings. The summed E-state index contributed by atoms with van der Waals surface area (Å²) in [6.45, 7) is 6.99. The molecule has 0 aromatic carbocycles. The van der Waals surface area contributed by atoms with Crippen LogP contribution in [-0.2, 0) is 4.79 Å². The van der Waals surface area contributed by atoms with Crippen molar-refractivity contribution in [3.05, 3.63) is 0 Å². The lowest BCUT2D eigenvalue weighted by molar-refractivity contribution is -0.129. The molecule has 0 bridgehead atoms. The number of Topliss-reactive ketones (excluding diaryl/α,β-unsaturated/α-hetero) is 1. The van der Waals surface area contributed by atoms with Crippen molar-refractivity contribution < 1.29 is 4.79 Å². The molecule has 0 saturated carbocycles. The van der Waals surface area contributed by atoms with Crippen LogP contribution < -0.4 is 0 Å². The molecule has 2 heteroatoms. The van der Waals surface area contributed by atoms with Crippen LogP contribution >= 0.6 is 0 Å². The summed E-state index contributed by atoms with van der Waals surface area (Å²) in [6.07, 6.45) is 3.72. The van der Waals surface area contributed by atoms with Gasteiger partial charge in [-0.1, -0.05) is 20.3 Å². The molecule has 0 radical (unpaired) electrons. The molecule has 1 aliphatic heterocycles. The Morgan fingerprint density at radius 3 is 2.46 bits per heavy atom. The van der Waals surface area contributed by atoms with Crippen molar-refractivity contribution in [1.82, 2.24) is 4.90 Å². The van der Waals surface area contributed by atoms with E-state index in [4.69, 9.17) is 0 Å². The summed E-state index contributed by atoms with van der Waals surface area (Å²) in [6, 6.07) is 0.443. The average Bonchev–Trinajstić information content (AvgIpc) is 2.04. The van der Waals surface area contributed by atoms with Crippen molar-refractivity contribution in [2.45, 2.75) is 46.1 Å². The van der Waals surface area contributed by atoms with Gasteiger partial charge in [-0.2, -0.15) is 0 Å². The molecule has 0 spiro atoms. The van der Waals surface area contributed by atoms with Gasteiger partial charge in [0.2, 0.25) is 0 Å². The van der Waals surface area contributed by atoms with E-state index in [2.05, 4.69) is 25.8 Å². The molecule has 76 valence electrons. The number of carbonyl (C=O) groups excluding carboxylic acids is 1. The highest BCUT2D eigenvalue weighted by atomic mass is 16.1. The first kappa shape index (κ1) is 10.7. The predicted octanol–water partition coefficient (Wildman–Crippen LogP) is 2.09. The zero-order valence-electron chi connectivity index (χ0n) is 9.26. The largest absolute Gasteiger partial charge is 0.302 e. The maximum atomic E-state index is 11.5. The summed E-state index contributed by atoms with van der Waals surface area (Å²) in [5, 5.41) is 0. The monoisotopic (exact) mass is 183 g/mol. The molecule has 0 aromatic heterocycles. The number of likely N-dealkylation sites (tertiary alicyclic amines) is 1. The number of rotatable bonds is 2. The first-order valence-corrected chi connectivity index (χ1v) is 5.17. The standard InChI is InChI=1S/C11H21NO/c1-9(13)11(2,3)10-7-5-6-8-12(10)4/h10H,5-8H2,1-4H3/t10-/m0/s1. The van der Waals surface area contributed by atoms with E-state index in [9.17, 15) is 4.79 Å². The molecule has 0 aliphatic carbocycles. The third kappa shape index (κ3) is 2.11. The molecule has 1 rings (SSSR count). The first-order valence-electron chi connectivity index (χ1n) is 5.17. The Morgan fingerprint density at radius 1 is 1.38 bits per heavy atom. The number of ketones is 1. The smallest absolute Gasteiger partial charge is 0.136 e. The normalized spacial score (nSPS) is 26.0. The van der Waals surface area contributed by atoms with Crippen LogP contribution in [0.1, 0.15) is 40.0 Å². The molecule has 2 nitrogen and oxygen atoms in total. The van der Waals surface area contributed by atoms with E-state index in [1.165, 1.54) is 19.3 Å². The molecule has 0 unspecified atom stereocenters. The fraction of sp³-hybridized carbons (Fsp3) is 0.909. The van der Waals surface area contributed by atoms with Crippen LogP contribution in [0.15, 0.2) is 0 Å². The summed E-state index contributed by atoms with van der Waals surface area (Å²) >= 11 is 0. The van der Waals surface area contributed by atoms with Crippen molar-refractivity contribution in [1.29, 1.82) is 0 Å². The van der Waals surface area contributed by atoms with Crippen molar-refractivity contribution in [3.63, 3.8) is 0 Å². The van der Waals surface area contributed by atoms with E-state index in [1.54, 1.807) is 6.92 Å². The van der Waals surface area contributed by atoms with Crippen LogP contribution in [0.5, 0.6) is 0 Å². The van der Waals surface area contributed by atoms with E-state index in [-0.39, 0.29) is 5.41 Å². The van der Waals surface area contributed by atoms with Crippen molar-refractivity contribution >= 4 is 5.78 Å². The summed E-state index contributed by atoms with van der Waals surface area (Å²) in [7, 11) is 2.13. The van der Waals surface area contributed by atoms with E-state index < -0.39 is 0 Å². The van der Waals surface area contributed by atoms with E-state index in [0.29, 0.717) is 11.8 Å². The Labute approximate surface area is 81.3 Å². The van der Waals surface area contributed by atoms with Crippen molar-refractivity contribution in [2.75, 3.05) is 13.6 Å². The maximum Gasteiger partial charge on any atom is 0.136 e. The molecule has 1 atom stereocenters. The first-order chi connectivity index (χ1) is 5.96. The van der Waals surface area contributed by atoms with E-state index >= 15 is 0 Å². The second-order valence-electron chi connectivity index (χ2n) is 4.77. The lowest BCUT2D eigenvalue weighted by atomic mass is 9.76. The van der Waals surface area contributed by atoms with Gasteiger partial charge in [0, 0.05) is 11.5 Å². The van der Waals surface area contributed by atoms with Crippen LogP contribution in [0.3, 0.4) is 0 Å². The van der Waals surface area contributed by atoms with Gasteiger partial charge in [0.05, 0.1) is 0 Å². The van der Waals surface area contributed by atoms with Crippen LogP contribution in [0.25, 0.3) is 0 Å². The molecule has 0 amide bonds. The highest BCUT2D eigenvalue weighted by Gasteiger charge is 2.37. The van der Waals surface area contributed by atoms with E-state index in [1.807, 2.05) is 0 Å². The second kappa shape index (κ2) is 3.79. The van der Waals surface area contributed by atoms with Crippen LogP contribution in [0.4, 0.5) is 0 Å². The molecule has 13 heavy (non-hydrogen) atoms. The highest BCUT2D eigenvalue weighted by molar-refractivity contribution is 5.82. The number of hydrogen-bond acceptors (Lipinski definition) is 2. The summed E-state index contributed by atoms with van der Waals surface area (Å²) < 4.78 is 0. The molecular weight excluding hydrogens is 162 g/mol. The molecule has 0 N–H and O–H groups in total. The summed E-state index contributed by atoms with van der Waals surface area (Å²) in [4.78, 5) is 13.8. The predicted molar refractivity (Wildman–Crippen MR) is 54.7 cm³/mol. The van der Waals surface area contributed by atoms with Gasteiger partial charge in [-0.05, 0) is 33.4 Å². The van der Waals surface area contributed by atoms with Gasteiger partial charge in [0.15, 0.2) is 0 Å². The van der Waals surface area contributed by atoms with Gasteiger partial charge in [-0.25, -0.2) is 0 Å². The van der Waals surface area contributed by atoms with Crippen molar-refractivity contribution in [3.8, 4) is 0 Å². The fourth-order valence-corrected chi connectivity index (χ4v) is 2.22. The fourth-order valence-electron chi connectivity index (χ4n) is 2.22. The van der Waals surface area contributed by atoms with Gasteiger partial charge in [-0.3, -0.25) is 4.79 Å². The molecule has 1 heterocycles. The number of piperidine rings is 1.